The van der Waals surface area contributed by atoms with Crippen molar-refractivity contribution in [2.75, 3.05) is 25.1 Å². The summed E-state index contributed by atoms with van der Waals surface area (Å²) < 4.78 is 5.17. The van der Waals surface area contributed by atoms with Gasteiger partial charge in [-0.15, -0.1) is 0 Å². The smallest absolute Gasteiger partial charge is 0.121 e. The van der Waals surface area contributed by atoms with Crippen LogP contribution in [-0.2, 0) is 0 Å². The molecule has 0 amide bonds. The van der Waals surface area contributed by atoms with Crippen LogP contribution in [0.5, 0.6) is 5.75 Å². The number of methoxy groups -OCH3 is 1. The summed E-state index contributed by atoms with van der Waals surface area (Å²) in [6, 6.07) is 7.54. The average molecular weight is 246 g/mol. The second-order valence-electron chi connectivity index (χ2n) is 5.11. The highest BCUT2D eigenvalue weighted by atomic mass is 16.5. The fraction of sp³-hybridized carbons (Fsp3) is 0.500. The maximum absolute atomic E-state index is 10.3. The van der Waals surface area contributed by atoms with E-state index < -0.39 is 5.60 Å². The number of aliphatic hydroxyl groups is 1. The number of hydrogen-bond donors (Lipinski definition) is 1. The lowest BCUT2D eigenvalue weighted by Crippen LogP contribution is -2.64. The van der Waals surface area contributed by atoms with Gasteiger partial charge in [0, 0.05) is 19.2 Å². The molecule has 0 bridgehead atoms. The fourth-order valence-corrected chi connectivity index (χ4v) is 2.14. The van der Waals surface area contributed by atoms with Crippen molar-refractivity contribution >= 4 is 5.69 Å². The maximum Gasteiger partial charge on any atom is 0.121 e. The molecule has 0 aliphatic carbocycles. The van der Waals surface area contributed by atoms with E-state index in [-0.39, 0.29) is 5.92 Å². The zero-order chi connectivity index (χ0) is 13.3. The predicted molar refractivity (Wildman–Crippen MR) is 69.7 cm³/mol. The maximum atomic E-state index is 10.3. The van der Waals surface area contributed by atoms with Gasteiger partial charge in [-0.1, -0.05) is 13.8 Å². The number of benzene rings is 1. The molecule has 18 heavy (non-hydrogen) atoms. The molecule has 2 rings (SSSR count). The summed E-state index contributed by atoms with van der Waals surface area (Å²) in [7, 11) is 1.60. The minimum atomic E-state index is -0.643. The first-order valence-electron chi connectivity index (χ1n) is 6.05. The molecule has 1 aromatic carbocycles. The molecule has 0 radical (unpaired) electrons. The van der Waals surface area contributed by atoms with Gasteiger partial charge < -0.3 is 14.7 Å². The van der Waals surface area contributed by atoms with Gasteiger partial charge in [0.05, 0.1) is 18.4 Å². The van der Waals surface area contributed by atoms with Crippen LogP contribution in [0.1, 0.15) is 19.4 Å². The Morgan fingerprint density at radius 2 is 2.11 bits per heavy atom. The monoisotopic (exact) mass is 246 g/mol. The van der Waals surface area contributed by atoms with Crippen molar-refractivity contribution in [3.05, 3.63) is 23.8 Å². The summed E-state index contributed by atoms with van der Waals surface area (Å²) in [4.78, 5) is 2.01. The molecule has 96 valence electrons. The van der Waals surface area contributed by atoms with Crippen LogP contribution in [0.15, 0.2) is 18.2 Å². The average Bonchev–Trinajstić information content (AvgIpc) is 2.33. The zero-order valence-electron chi connectivity index (χ0n) is 11.0. The molecular formula is C14H18N2O2. The molecule has 1 aliphatic rings. The lowest BCUT2D eigenvalue weighted by molar-refractivity contribution is -0.0300. The quantitative estimate of drug-likeness (QED) is 0.883. The first kappa shape index (κ1) is 12.7. The van der Waals surface area contributed by atoms with Crippen molar-refractivity contribution in [3.63, 3.8) is 0 Å². The van der Waals surface area contributed by atoms with E-state index in [9.17, 15) is 5.11 Å². The largest absolute Gasteiger partial charge is 0.497 e. The molecule has 1 aromatic rings. The first-order valence-corrected chi connectivity index (χ1v) is 6.05. The second kappa shape index (κ2) is 4.51. The van der Waals surface area contributed by atoms with Crippen LogP contribution in [0.3, 0.4) is 0 Å². The third-order valence-corrected chi connectivity index (χ3v) is 3.67. The molecular weight excluding hydrogens is 228 g/mol. The standard InChI is InChI=1S/C14H18N2O2/c1-10(2)14(17)8-16(9-14)13-6-12(18-3)5-4-11(13)7-15/h4-6,10,17H,8-9H2,1-3H3. The molecule has 0 saturated carbocycles. The van der Waals surface area contributed by atoms with Gasteiger partial charge >= 0.3 is 0 Å². The van der Waals surface area contributed by atoms with Crippen LogP contribution in [0, 0.1) is 17.2 Å². The van der Waals surface area contributed by atoms with Crippen molar-refractivity contribution in [1.82, 2.24) is 0 Å². The predicted octanol–water partition coefficient (Wildman–Crippen LogP) is 1.77. The number of nitriles is 1. The Morgan fingerprint density at radius 3 is 2.61 bits per heavy atom. The summed E-state index contributed by atoms with van der Waals surface area (Å²) >= 11 is 0. The summed E-state index contributed by atoms with van der Waals surface area (Å²) in [5, 5.41) is 19.4. The van der Waals surface area contributed by atoms with Gasteiger partial charge in [-0.2, -0.15) is 5.26 Å². The summed E-state index contributed by atoms with van der Waals surface area (Å²) in [5.74, 6) is 0.939. The first-order chi connectivity index (χ1) is 8.50. The van der Waals surface area contributed by atoms with Crippen molar-refractivity contribution in [2.24, 2.45) is 5.92 Å². The minimum Gasteiger partial charge on any atom is -0.497 e. The van der Waals surface area contributed by atoms with E-state index >= 15 is 0 Å². The van der Waals surface area contributed by atoms with E-state index in [0.29, 0.717) is 18.7 Å². The Labute approximate surface area is 107 Å². The van der Waals surface area contributed by atoms with Gasteiger partial charge in [-0.25, -0.2) is 0 Å². The molecule has 0 aromatic heterocycles. The van der Waals surface area contributed by atoms with Gasteiger partial charge in [-0.05, 0) is 18.1 Å². The topological polar surface area (TPSA) is 56.5 Å². The SMILES string of the molecule is COc1ccc(C#N)c(N2CC(O)(C(C)C)C2)c1. The molecule has 4 nitrogen and oxygen atoms in total. The highest BCUT2D eigenvalue weighted by molar-refractivity contribution is 5.64. The Morgan fingerprint density at radius 1 is 1.44 bits per heavy atom. The van der Waals surface area contributed by atoms with E-state index in [0.717, 1.165) is 11.4 Å². The molecule has 1 saturated heterocycles. The molecule has 1 heterocycles. The number of nitrogens with zero attached hydrogens (tertiary/aromatic N) is 2. The van der Waals surface area contributed by atoms with E-state index in [4.69, 9.17) is 10.00 Å². The number of rotatable bonds is 3. The van der Waals surface area contributed by atoms with Gasteiger partial charge in [0.25, 0.3) is 0 Å². The number of β-amino-alcohol motifs (C(OH)–C–C–N with tert-alkyl or cyclic N) is 1. The summed E-state index contributed by atoms with van der Waals surface area (Å²) in [6.45, 7) is 5.14. The Hall–Kier alpha value is -1.73. The van der Waals surface area contributed by atoms with Gasteiger partial charge in [0.2, 0.25) is 0 Å². The van der Waals surface area contributed by atoms with Crippen LogP contribution in [0.25, 0.3) is 0 Å². The van der Waals surface area contributed by atoms with Crippen molar-refractivity contribution in [1.29, 1.82) is 5.26 Å². The normalized spacial score (nSPS) is 17.2. The highest BCUT2D eigenvalue weighted by Gasteiger charge is 2.44. The Balaban J connectivity index is 2.23. The van der Waals surface area contributed by atoms with Gasteiger partial charge in [-0.3, -0.25) is 0 Å². The minimum absolute atomic E-state index is 0.213. The number of ether oxygens (including phenoxy) is 1. The Kier molecular flexibility index (Phi) is 3.18. The van der Waals surface area contributed by atoms with Crippen LogP contribution in [0.4, 0.5) is 5.69 Å². The van der Waals surface area contributed by atoms with E-state index in [1.54, 1.807) is 19.2 Å². The van der Waals surface area contributed by atoms with Gasteiger partial charge in [0.1, 0.15) is 17.4 Å². The zero-order valence-corrected chi connectivity index (χ0v) is 11.0. The molecule has 4 heteroatoms. The lowest BCUT2D eigenvalue weighted by Gasteiger charge is -2.50. The molecule has 1 fully saturated rings. The molecule has 0 unspecified atom stereocenters. The summed E-state index contributed by atoms with van der Waals surface area (Å²) in [6.07, 6.45) is 0. The van der Waals surface area contributed by atoms with E-state index in [1.165, 1.54) is 0 Å². The van der Waals surface area contributed by atoms with Crippen LogP contribution >= 0.6 is 0 Å². The van der Waals surface area contributed by atoms with Crippen molar-refractivity contribution < 1.29 is 9.84 Å². The third kappa shape index (κ3) is 2.02. The lowest BCUT2D eigenvalue weighted by atomic mass is 9.82. The second-order valence-corrected chi connectivity index (χ2v) is 5.11. The van der Waals surface area contributed by atoms with Crippen LogP contribution < -0.4 is 9.64 Å². The van der Waals surface area contributed by atoms with Gasteiger partial charge in [0.15, 0.2) is 0 Å². The van der Waals surface area contributed by atoms with Crippen LogP contribution in [-0.4, -0.2) is 30.9 Å². The molecule has 0 atom stereocenters. The number of anilines is 1. The van der Waals surface area contributed by atoms with E-state index in [2.05, 4.69) is 6.07 Å². The molecule has 0 spiro atoms. The molecule has 1 N–H and O–H groups in total. The van der Waals surface area contributed by atoms with Crippen molar-refractivity contribution in [3.8, 4) is 11.8 Å². The Bertz CT molecular complexity index is 485. The van der Waals surface area contributed by atoms with E-state index in [1.807, 2.05) is 24.8 Å². The van der Waals surface area contributed by atoms with Crippen molar-refractivity contribution in [2.45, 2.75) is 19.4 Å². The fourth-order valence-electron chi connectivity index (χ4n) is 2.14. The third-order valence-electron chi connectivity index (χ3n) is 3.67. The molecule has 1 aliphatic heterocycles. The number of hydrogen-bond acceptors (Lipinski definition) is 4. The highest BCUT2D eigenvalue weighted by Crippen LogP contribution is 2.36. The van der Waals surface area contributed by atoms with Crippen LogP contribution in [0.2, 0.25) is 0 Å². The summed E-state index contributed by atoms with van der Waals surface area (Å²) in [5.41, 5.74) is 0.805.